The summed E-state index contributed by atoms with van der Waals surface area (Å²) >= 11 is 0. The molecule has 0 spiro atoms. The first-order chi connectivity index (χ1) is 17.8. The van der Waals surface area contributed by atoms with E-state index in [0.717, 1.165) is 62.3 Å². The van der Waals surface area contributed by atoms with Crippen LogP contribution in [-0.4, -0.2) is 91.2 Å². The fourth-order valence-electron chi connectivity index (χ4n) is 5.25. The second-order valence-corrected chi connectivity index (χ2v) is 10.4. The van der Waals surface area contributed by atoms with Crippen molar-refractivity contribution in [3.63, 3.8) is 0 Å². The fourth-order valence-corrected chi connectivity index (χ4v) is 5.25. The van der Waals surface area contributed by atoms with Gasteiger partial charge in [-0.3, -0.25) is 10.2 Å². The number of alkyl carbamates (subject to hydrolysis) is 1. The zero-order chi connectivity index (χ0) is 26.5. The number of allylic oxidation sites excluding steroid dienone is 2. The molecule has 3 heterocycles. The summed E-state index contributed by atoms with van der Waals surface area (Å²) in [5, 5.41) is 11.3. The molecule has 37 heavy (non-hydrogen) atoms. The van der Waals surface area contributed by atoms with Gasteiger partial charge in [-0.2, -0.15) is 0 Å². The Bertz CT molecular complexity index is 1090. The molecule has 1 saturated heterocycles. The number of carbonyl (C=O) groups excluding carboxylic acids is 2. The average molecular weight is 509 g/mol. The number of benzene rings is 1. The van der Waals surface area contributed by atoms with Crippen LogP contribution in [0.4, 0.5) is 4.79 Å². The predicted molar refractivity (Wildman–Crippen MR) is 145 cm³/mol. The molecule has 1 fully saturated rings. The van der Waals surface area contributed by atoms with Gasteiger partial charge in [-0.05, 0) is 56.5 Å². The first kappa shape index (κ1) is 26.9. The number of nitrogens with zero attached hydrogens (tertiary/aromatic N) is 4. The number of piperazine rings is 1. The van der Waals surface area contributed by atoms with Crippen molar-refractivity contribution < 1.29 is 14.3 Å². The molecule has 0 bridgehead atoms. The highest BCUT2D eigenvalue weighted by Crippen LogP contribution is 2.27. The molecule has 200 valence electrons. The lowest BCUT2D eigenvalue weighted by Crippen LogP contribution is -2.44. The topological polar surface area (TPSA) is 101 Å². The average Bonchev–Trinajstić information content (AvgIpc) is 3.06. The van der Waals surface area contributed by atoms with E-state index < -0.39 is 6.09 Å². The second-order valence-electron chi connectivity index (χ2n) is 10.4. The van der Waals surface area contributed by atoms with Crippen molar-refractivity contribution in [1.82, 2.24) is 20.0 Å². The second kappa shape index (κ2) is 11.9. The highest BCUT2D eigenvalue weighted by Gasteiger charge is 2.26. The number of ether oxygens (including phenoxy) is 1. The Hall–Kier alpha value is -3.20. The highest BCUT2D eigenvalue weighted by molar-refractivity contribution is 6.14. The minimum atomic E-state index is -0.530. The molecule has 1 aromatic rings. The van der Waals surface area contributed by atoms with Crippen molar-refractivity contribution in [1.29, 1.82) is 5.41 Å². The minimum absolute atomic E-state index is 0.0107. The molecule has 2 amide bonds. The number of carbonyl (C=O) groups is 2. The van der Waals surface area contributed by atoms with Gasteiger partial charge in [-0.25, -0.2) is 9.79 Å². The van der Waals surface area contributed by atoms with E-state index in [-0.39, 0.29) is 24.3 Å². The summed E-state index contributed by atoms with van der Waals surface area (Å²) in [6.07, 6.45) is 4.41. The predicted octanol–water partition coefficient (Wildman–Crippen LogP) is 3.03. The lowest BCUT2D eigenvalue weighted by atomic mass is 9.95. The van der Waals surface area contributed by atoms with Crippen LogP contribution in [0.15, 0.2) is 35.0 Å². The van der Waals surface area contributed by atoms with Gasteiger partial charge < -0.3 is 24.8 Å². The number of fused-ring (bicyclic) bond motifs is 1. The maximum absolute atomic E-state index is 12.9. The first-order valence-corrected chi connectivity index (χ1v) is 13.3. The van der Waals surface area contributed by atoms with E-state index >= 15 is 0 Å². The summed E-state index contributed by atoms with van der Waals surface area (Å²) in [6.45, 7) is 9.18. The van der Waals surface area contributed by atoms with Crippen molar-refractivity contribution in [3.8, 4) is 0 Å². The van der Waals surface area contributed by atoms with E-state index in [9.17, 15) is 9.59 Å². The molecular weight excluding hydrogens is 468 g/mol. The summed E-state index contributed by atoms with van der Waals surface area (Å²) in [5.74, 6) is 0.575. The molecule has 0 aliphatic carbocycles. The Morgan fingerprint density at radius 2 is 1.95 bits per heavy atom. The van der Waals surface area contributed by atoms with Crippen LogP contribution in [0.1, 0.15) is 49.8 Å². The third-order valence-corrected chi connectivity index (χ3v) is 7.69. The molecule has 9 heteroatoms. The third kappa shape index (κ3) is 6.57. The zero-order valence-electron chi connectivity index (χ0n) is 22.5. The molecule has 1 aromatic carbocycles. The molecule has 9 nitrogen and oxygen atoms in total. The van der Waals surface area contributed by atoms with Crippen LogP contribution in [-0.2, 0) is 22.5 Å². The van der Waals surface area contributed by atoms with Crippen LogP contribution in [0.3, 0.4) is 0 Å². The normalized spacial score (nSPS) is 21.4. The summed E-state index contributed by atoms with van der Waals surface area (Å²) in [5.41, 5.74) is 5.44. The standard InChI is InChI=1S/C28H40N6O3/c1-5-20-16-24(33-12-10-32(3)11-13-33)17-25(31-27(20)29)22-7-6-21-8-9-34(18-23(21)15-22)26(35)14-19(2)30-28(36)37-4/h6-7,15,17,19-20,29H,5,8-14,16,18H2,1-4H3,(H,30,36). The van der Waals surface area contributed by atoms with E-state index in [1.54, 1.807) is 6.92 Å². The number of likely N-dealkylation sites (N-methyl/N-ethyl adjacent to an activating group) is 1. The SMILES string of the molecule is CCC1CC(N2CCN(C)CC2)=CC(c2ccc3c(c2)CN(C(=O)CC(C)NC(=O)OC)CC3)=NC1=N. The van der Waals surface area contributed by atoms with E-state index in [4.69, 9.17) is 10.4 Å². The molecule has 3 aliphatic rings. The van der Waals surface area contributed by atoms with Gasteiger partial charge in [0, 0.05) is 68.9 Å². The van der Waals surface area contributed by atoms with Crippen molar-refractivity contribution in [2.45, 2.75) is 52.1 Å². The third-order valence-electron chi connectivity index (χ3n) is 7.69. The van der Waals surface area contributed by atoms with Crippen molar-refractivity contribution >= 4 is 23.5 Å². The maximum atomic E-state index is 12.9. The molecule has 3 aliphatic heterocycles. The van der Waals surface area contributed by atoms with Crippen LogP contribution < -0.4 is 5.32 Å². The van der Waals surface area contributed by atoms with E-state index in [1.807, 2.05) is 4.90 Å². The number of amidine groups is 1. The number of amides is 2. The molecule has 0 aromatic heterocycles. The van der Waals surface area contributed by atoms with Gasteiger partial charge in [0.05, 0.1) is 12.8 Å². The van der Waals surface area contributed by atoms with E-state index in [1.165, 1.54) is 18.4 Å². The Morgan fingerprint density at radius 1 is 1.19 bits per heavy atom. The first-order valence-electron chi connectivity index (χ1n) is 13.3. The smallest absolute Gasteiger partial charge is 0.407 e. The van der Waals surface area contributed by atoms with Gasteiger partial charge in [0.15, 0.2) is 0 Å². The summed E-state index contributed by atoms with van der Waals surface area (Å²) in [7, 11) is 3.47. The van der Waals surface area contributed by atoms with Crippen molar-refractivity contribution in [2.24, 2.45) is 10.9 Å². The number of rotatable bonds is 6. The largest absolute Gasteiger partial charge is 0.453 e. The van der Waals surface area contributed by atoms with Gasteiger partial charge in [0.1, 0.15) is 5.84 Å². The number of hydrogen-bond donors (Lipinski definition) is 2. The van der Waals surface area contributed by atoms with Crippen LogP contribution in [0.5, 0.6) is 0 Å². The van der Waals surface area contributed by atoms with Crippen LogP contribution >= 0.6 is 0 Å². The molecular formula is C28H40N6O3. The van der Waals surface area contributed by atoms with Crippen molar-refractivity contribution in [2.75, 3.05) is 46.9 Å². The van der Waals surface area contributed by atoms with Gasteiger partial charge in [0.2, 0.25) is 5.91 Å². The Kier molecular flexibility index (Phi) is 8.63. The highest BCUT2D eigenvalue weighted by atomic mass is 16.5. The molecule has 0 saturated carbocycles. The molecule has 2 unspecified atom stereocenters. The lowest BCUT2D eigenvalue weighted by Gasteiger charge is -2.36. The minimum Gasteiger partial charge on any atom is -0.453 e. The van der Waals surface area contributed by atoms with Crippen molar-refractivity contribution in [3.05, 3.63) is 46.7 Å². The maximum Gasteiger partial charge on any atom is 0.407 e. The summed E-state index contributed by atoms with van der Waals surface area (Å²) < 4.78 is 4.64. The number of nitrogens with one attached hydrogen (secondary N) is 2. The lowest BCUT2D eigenvalue weighted by molar-refractivity contribution is -0.132. The van der Waals surface area contributed by atoms with Crippen LogP contribution in [0.25, 0.3) is 0 Å². The Labute approximate surface area is 220 Å². The number of hydrogen-bond acceptors (Lipinski definition) is 6. The van der Waals surface area contributed by atoms with Gasteiger partial charge in [-0.1, -0.05) is 19.1 Å². The number of aliphatic imine (C=N–C) groups is 1. The van der Waals surface area contributed by atoms with Gasteiger partial charge >= 0.3 is 6.09 Å². The summed E-state index contributed by atoms with van der Waals surface area (Å²) in [6, 6.07) is 6.09. The zero-order valence-corrected chi connectivity index (χ0v) is 22.5. The molecule has 4 rings (SSSR count). The fraction of sp³-hybridized carbons (Fsp3) is 0.571. The summed E-state index contributed by atoms with van der Waals surface area (Å²) in [4.78, 5) is 35.9. The molecule has 2 atom stereocenters. The van der Waals surface area contributed by atoms with E-state index in [0.29, 0.717) is 18.9 Å². The van der Waals surface area contributed by atoms with Gasteiger partial charge in [0.25, 0.3) is 0 Å². The van der Waals surface area contributed by atoms with Crippen LogP contribution in [0.2, 0.25) is 0 Å². The van der Waals surface area contributed by atoms with Gasteiger partial charge in [-0.15, -0.1) is 0 Å². The quantitative estimate of drug-likeness (QED) is 0.615. The molecule has 2 N–H and O–H groups in total. The molecule has 0 radical (unpaired) electrons. The van der Waals surface area contributed by atoms with Crippen LogP contribution in [0, 0.1) is 11.3 Å². The van der Waals surface area contributed by atoms with E-state index in [2.05, 4.69) is 58.1 Å². The Morgan fingerprint density at radius 3 is 2.65 bits per heavy atom. The monoisotopic (exact) mass is 508 g/mol. The Balaban J connectivity index is 1.54. The number of methoxy groups -OCH3 is 1.